The quantitative estimate of drug-likeness (QED) is 0.877. The van der Waals surface area contributed by atoms with Gasteiger partial charge in [-0.25, -0.2) is 0 Å². The Kier molecular flexibility index (Phi) is 3.58. The Balaban J connectivity index is 1.74. The van der Waals surface area contributed by atoms with Crippen molar-refractivity contribution in [3.05, 3.63) is 54.2 Å². The lowest BCUT2D eigenvalue weighted by Crippen LogP contribution is -2.37. The molecule has 0 radical (unpaired) electrons. The largest absolute Gasteiger partial charge is 0.467 e. The zero-order valence-electron chi connectivity index (χ0n) is 12.3. The van der Waals surface area contributed by atoms with Gasteiger partial charge in [0.1, 0.15) is 11.8 Å². The van der Waals surface area contributed by atoms with Crippen molar-refractivity contribution in [1.82, 2.24) is 15.2 Å². The van der Waals surface area contributed by atoms with Gasteiger partial charge in [-0.2, -0.15) is 0 Å². The van der Waals surface area contributed by atoms with Crippen molar-refractivity contribution < 1.29 is 4.42 Å². The fraction of sp³-hybridized carbons (Fsp3) is 0.412. The summed E-state index contributed by atoms with van der Waals surface area (Å²) < 4.78 is 5.74. The number of hydrogen-bond donors (Lipinski definition) is 1. The molecule has 3 heterocycles. The number of nitrogens with one attached hydrogen (secondary N) is 1. The van der Waals surface area contributed by atoms with Crippen LogP contribution in [-0.4, -0.2) is 21.0 Å². The van der Waals surface area contributed by atoms with E-state index in [-0.39, 0.29) is 12.1 Å². The van der Waals surface area contributed by atoms with Crippen LogP contribution in [0.3, 0.4) is 0 Å². The Hall–Kier alpha value is -1.88. The molecule has 5 heteroatoms. The summed E-state index contributed by atoms with van der Waals surface area (Å²) in [6, 6.07) is 10.6. The molecule has 4 rings (SSSR count). The smallest absolute Gasteiger partial charge is 0.170 e. The van der Waals surface area contributed by atoms with E-state index in [1.54, 1.807) is 6.26 Å². The second-order valence-corrected chi connectivity index (χ2v) is 6.37. The molecule has 2 atom stereocenters. The number of hydrogen-bond acceptors (Lipinski definition) is 3. The summed E-state index contributed by atoms with van der Waals surface area (Å²) in [4.78, 5) is 6.87. The van der Waals surface area contributed by atoms with Crippen molar-refractivity contribution in [1.29, 1.82) is 0 Å². The Morgan fingerprint density at radius 3 is 2.73 bits per heavy atom. The van der Waals surface area contributed by atoms with Crippen molar-refractivity contribution in [3.8, 4) is 0 Å². The topological polar surface area (TPSA) is 41.3 Å². The minimum atomic E-state index is 0.0421. The normalized spacial score (nSPS) is 25.6. The molecule has 1 N–H and O–H groups in total. The van der Waals surface area contributed by atoms with Gasteiger partial charge in [-0.05, 0) is 49.3 Å². The van der Waals surface area contributed by atoms with Crippen LogP contribution in [0.25, 0.3) is 0 Å². The maximum Gasteiger partial charge on any atom is 0.170 e. The van der Waals surface area contributed by atoms with E-state index in [1.807, 2.05) is 36.5 Å². The highest BCUT2D eigenvalue weighted by Crippen LogP contribution is 2.42. The van der Waals surface area contributed by atoms with Gasteiger partial charge < -0.3 is 14.6 Å². The average Bonchev–Trinajstić information content (AvgIpc) is 3.28. The molecule has 0 bridgehead atoms. The van der Waals surface area contributed by atoms with Crippen molar-refractivity contribution in [2.45, 2.75) is 43.8 Å². The molecule has 114 valence electrons. The first-order chi connectivity index (χ1) is 10.8. The van der Waals surface area contributed by atoms with Crippen LogP contribution in [0.2, 0.25) is 0 Å². The monoisotopic (exact) mass is 313 g/mol. The summed E-state index contributed by atoms with van der Waals surface area (Å²) in [7, 11) is 0. The van der Waals surface area contributed by atoms with E-state index in [0.29, 0.717) is 6.04 Å². The second kappa shape index (κ2) is 5.72. The highest BCUT2D eigenvalue weighted by atomic mass is 32.1. The molecule has 1 aliphatic heterocycles. The van der Waals surface area contributed by atoms with Crippen molar-refractivity contribution in [2.24, 2.45) is 0 Å². The van der Waals surface area contributed by atoms with Crippen LogP contribution in [0.5, 0.6) is 0 Å². The summed E-state index contributed by atoms with van der Waals surface area (Å²) in [6.07, 6.45) is 8.53. The van der Waals surface area contributed by atoms with Crippen LogP contribution in [0, 0.1) is 0 Å². The van der Waals surface area contributed by atoms with E-state index in [4.69, 9.17) is 16.6 Å². The predicted octanol–water partition coefficient (Wildman–Crippen LogP) is 3.59. The van der Waals surface area contributed by atoms with E-state index in [0.717, 1.165) is 16.6 Å². The average molecular weight is 313 g/mol. The molecule has 4 nitrogen and oxygen atoms in total. The summed E-state index contributed by atoms with van der Waals surface area (Å²) >= 11 is 5.65. The fourth-order valence-electron chi connectivity index (χ4n) is 3.71. The first-order valence-electron chi connectivity index (χ1n) is 7.88. The SMILES string of the molecule is S=C1N[C@H](c2ccccn2)[C@H](c2ccco2)N1C1CCCC1. The minimum absolute atomic E-state index is 0.0421. The van der Waals surface area contributed by atoms with Gasteiger partial charge in [0.2, 0.25) is 0 Å². The van der Waals surface area contributed by atoms with E-state index in [1.165, 1.54) is 25.7 Å². The van der Waals surface area contributed by atoms with Crippen LogP contribution >= 0.6 is 12.2 Å². The molecule has 2 aromatic heterocycles. The number of nitrogens with zero attached hydrogens (tertiary/aromatic N) is 2. The van der Waals surface area contributed by atoms with Gasteiger partial charge >= 0.3 is 0 Å². The molecule has 0 unspecified atom stereocenters. The fourth-order valence-corrected chi connectivity index (χ4v) is 4.09. The number of pyridine rings is 1. The van der Waals surface area contributed by atoms with Gasteiger partial charge in [0.05, 0.1) is 18.0 Å². The molecule has 1 aliphatic carbocycles. The van der Waals surface area contributed by atoms with Gasteiger partial charge in [-0.3, -0.25) is 4.98 Å². The van der Waals surface area contributed by atoms with E-state index in [9.17, 15) is 0 Å². The summed E-state index contributed by atoms with van der Waals surface area (Å²) in [5.74, 6) is 0.954. The Labute approximate surface area is 135 Å². The summed E-state index contributed by atoms with van der Waals surface area (Å²) in [6.45, 7) is 0. The van der Waals surface area contributed by atoms with Crippen LogP contribution in [0.4, 0.5) is 0 Å². The van der Waals surface area contributed by atoms with E-state index >= 15 is 0 Å². The minimum Gasteiger partial charge on any atom is -0.467 e. The van der Waals surface area contributed by atoms with Crippen LogP contribution in [-0.2, 0) is 0 Å². The van der Waals surface area contributed by atoms with Crippen molar-refractivity contribution in [3.63, 3.8) is 0 Å². The van der Waals surface area contributed by atoms with Crippen LogP contribution in [0.15, 0.2) is 47.2 Å². The molecule has 22 heavy (non-hydrogen) atoms. The molecular formula is C17H19N3OS. The van der Waals surface area contributed by atoms with Crippen LogP contribution < -0.4 is 5.32 Å². The molecule has 1 saturated carbocycles. The standard InChI is InChI=1S/C17H19N3OS/c22-17-19-15(13-8-3-4-10-18-13)16(14-9-5-11-21-14)20(17)12-6-1-2-7-12/h3-5,8-12,15-16H,1-2,6-7H2,(H,19,22)/t15-,16+/m1/s1. The highest BCUT2D eigenvalue weighted by molar-refractivity contribution is 7.80. The zero-order chi connectivity index (χ0) is 14.9. The lowest BCUT2D eigenvalue weighted by Gasteiger charge is -2.31. The van der Waals surface area contributed by atoms with Gasteiger partial charge in [0.25, 0.3) is 0 Å². The van der Waals surface area contributed by atoms with E-state index in [2.05, 4.69) is 15.2 Å². The second-order valence-electron chi connectivity index (χ2n) is 5.99. The molecule has 0 spiro atoms. The Bertz CT molecular complexity index is 637. The van der Waals surface area contributed by atoms with Gasteiger partial charge in [-0.1, -0.05) is 18.9 Å². The summed E-state index contributed by atoms with van der Waals surface area (Å²) in [5, 5.41) is 4.29. The molecule has 1 saturated heterocycles. The zero-order valence-corrected chi connectivity index (χ0v) is 13.1. The lowest BCUT2D eigenvalue weighted by molar-refractivity contribution is 0.217. The lowest BCUT2D eigenvalue weighted by atomic mass is 10.0. The third-order valence-electron chi connectivity index (χ3n) is 4.69. The van der Waals surface area contributed by atoms with E-state index < -0.39 is 0 Å². The maximum atomic E-state index is 5.74. The molecule has 2 aliphatic rings. The molecule has 2 fully saturated rings. The third kappa shape index (κ3) is 2.29. The molecular weight excluding hydrogens is 294 g/mol. The Morgan fingerprint density at radius 1 is 1.18 bits per heavy atom. The van der Waals surface area contributed by atoms with Gasteiger partial charge in [0.15, 0.2) is 5.11 Å². The number of thiocarbonyl (C=S) groups is 1. The first kappa shape index (κ1) is 13.8. The number of aromatic nitrogens is 1. The van der Waals surface area contributed by atoms with Gasteiger partial charge in [0, 0.05) is 12.2 Å². The molecule has 0 aromatic carbocycles. The molecule has 2 aromatic rings. The van der Waals surface area contributed by atoms with Crippen molar-refractivity contribution >= 4 is 17.3 Å². The summed E-state index contributed by atoms with van der Waals surface area (Å²) in [5.41, 5.74) is 1.01. The number of furan rings is 1. The highest BCUT2D eigenvalue weighted by Gasteiger charge is 2.44. The molecule has 0 amide bonds. The van der Waals surface area contributed by atoms with Gasteiger partial charge in [-0.15, -0.1) is 0 Å². The first-order valence-corrected chi connectivity index (χ1v) is 8.28. The van der Waals surface area contributed by atoms with Crippen LogP contribution in [0.1, 0.15) is 49.2 Å². The Morgan fingerprint density at radius 2 is 2.05 bits per heavy atom. The number of rotatable bonds is 3. The predicted molar refractivity (Wildman–Crippen MR) is 88.3 cm³/mol. The maximum absolute atomic E-state index is 5.74. The van der Waals surface area contributed by atoms with Crippen molar-refractivity contribution in [2.75, 3.05) is 0 Å². The third-order valence-corrected chi connectivity index (χ3v) is 5.02.